The Hall–Kier alpha value is -3.27. The maximum absolute atomic E-state index is 13.2. The summed E-state index contributed by atoms with van der Waals surface area (Å²) in [5, 5.41) is 31.9. The first kappa shape index (κ1) is 21.6. The fourth-order valence-electron chi connectivity index (χ4n) is 4.74. The van der Waals surface area contributed by atoms with Crippen molar-refractivity contribution in [3.05, 3.63) is 78.6 Å². The van der Waals surface area contributed by atoms with Crippen LogP contribution in [0.1, 0.15) is 12.0 Å². The normalized spacial score (nSPS) is 26.5. The second kappa shape index (κ2) is 8.93. The maximum Gasteiger partial charge on any atom is 0.225 e. The lowest BCUT2D eigenvalue weighted by Crippen LogP contribution is -2.60. The highest BCUT2D eigenvalue weighted by Gasteiger charge is 2.53. The number of hydrogen-bond donors (Lipinski definition) is 4. The summed E-state index contributed by atoms with van der Waals surface area (Å²) in [5.41, 5.74) is 2.69. The first-order chi connectivity index (χ1) is 16.0. The van der Waals surface area contributed by atoms with Gasteiger partial charge in [-0.2, -0.15) is 5.10 Å². The highest BCUT2D eigenvalue weighted by Crippen LogP contribution is 2.37. The molecular weight excluding hydrogens is 438 g/mol. The number of benzene rings is 2. The number of aliphatic hydroxyl groups excluding tert-OH is 2. The topological polar surface area (TPSA) is 103 Å². The van der Waals surface area contributed by atoms with Gasteiger partial charge in [-0.3, -0.25) is 4.79 Å². The van der Waals surface area contributed by atoms with Crippen molar-refractivity contribution in [2.45, 2.75) is 37.3 Å². The third-order valence-electron chi connectivity index (χ3n) is 6.39. The number of aliphatic hydroxyl groups is 2. The van der Waals surface area contributed by atoms with Crippen molar-refractivity contribution in [3.8, 4) is 5.69 Å². The summed E-state index contributed by atoms with van der Waals surface area (Å²) < 4.78 is 1.76. The van der Waals surface area contributed by atoms with E-state index in [0.29, 0.717) is 11.7 Å². The lowest BCUT2D eigenvalue weighted by Gasteiger charge is -2.41. The highest BCUT2D eigenvalue weighted by molar-refractivity contribution is 7.80. The Kier molecular flexibility index (Phi) is 5.84. The predicted molar refractivity (Wildman–Crippen MR) is 128 cm³/mol. The van der Waals surface area contributed by atoms with Crippen LogP contribution >= 0.6 is 12.2 Å². The first-order valence-corrected chi connectivity index (χ1v) is 11.3. The zero-order valence-corrected chi connectivity index (χ0v) is 18.6. The molecule has 5 atom stereocenters. The van der Waals surface area contributed by atoms with Gasteiger partial charge in [-0.15, -0.1) is 0 Å². The monoisotopic (exact) mass is 463 g/mol. The van der Waals surface area contributed by atoms with E-state index in [-0.39, 0.29) is 12.3 Å². The molecule has 33 heavy (non-hydrogen) atoms. The van der Waals surface area contributed by atoms with Crippen molar-refractivity contribution < 1.29 is 15.0 Å². The van der Waals surface area contributed by atoms with Crippen LogP contribution in [0.25, 0.3) is 5.69 Å². The van der Waals surface area contributed by atoms with Crippen LogP contribution < -0.4 is 15.5 Å². The molecule has 2 heterocycles. The summed E-state index contributed by atoms with van der Waals surface area (Å²) in [6.45, 7) is 0.392. The van der Waals surface area contributed by atoms with Gasteiger partial charge in [0.1, 0.15) is 6.10 Å². The van der Waals surface area contributed by atoms with Gasteiger partial charge in [-0.05, 0) is 54.5 Å². The van der Waals surface area contributed by atoms with E-state index in [4.69, 9.17) is 12.2 Å². The van der Waals surface area contributed by atoms with Gasteiger partial charge in [-0.25, -0.2) is 4.68 Å². The largest absolute Gasteiger partial charge is 0.390 e. The summed E-state index contributed by atoms with van der Waals surface area (Å²) in [4.78, 5) is 15.1. The Morgan fingerprint density at radius 3 is 2.52 bits per heavy atom. The molecule has 0 radical (unpaired) electrons. The quantitative estimate of drug-likeness (QED) is 0.424. The number of aromatic nitrogens is 2. The van der Waals surface area contributed by atoms with Crippen LogP contribution in [-0.4, -0.2) is 55.3 Å². The zero-order chi connectivity index (χ0) is 22.9. The van der Waals surface area contributed by atoms with Crippen molar-refractivity contribution in [2.75, 3.05) is 4.90 Å². The number of anilines is 1. The minimum absolute atomic E-state index is 0.148. The van der Waals surface area contributed by atoms with E-state index >= 15 is 0 Å². The Bertz CT molecular complexity index is 1120. The Morgan fingerprint density at radius 1 is 1.09 bits per heavy atom. The number of rotatable bonds is 5. The molecule has 0 bridgehead atoms. The van der Waals surface area contributed by atoms with Gasteiger partial charge in [0.15, 0.2) is 5.11 Å². The number of hydrogen-bond acceptors (Lipinski definition) is 5. The lowest BCUT2D eigenvalue weighted by molar-refractivity contribution is -0.131. The molecule has 4 N–H and O–H groups in total. The third-order valence-corrected chi connectivity index (χ3v) is 6.70. The van der Waals surface area contributed by atoms with Gasteiger partial charge in [-0.1, -0.05) is 30.3 Å². The van der Waals surface area contributed by atoms with Crippen molar-refractivity contribution in [1.82, 2.24) is 20.4 Å². The molecule has 0 unspecified atom stereocenters. The fourth-order valence-corrected chi connectivity index (χ4v) is 5.11. The highest BCUT2D eigenvalue weighted by atomic mass is 32.1. The second-order valence-electron chi connectivity index (χ2n) is 8.41. The average molecular weight is 464 g/mol. The molecule has 2 aliphatic rings. The smallest absolute Gasteiger partial charge is 0.225 e. The predicted octanol–water partition coefficient (Wildman–Crippen LogP) is 1.36. The summed E-state index contributed by atoms with van der Waals surface area (Å²) in [7, 11) is 0. The molecule has 0 spiro atoms. The standard InChI is InChI=1S/C24H25N5O3S/c30-19-13-18(23(32)25-14-15-5-2-1-3-6-15)21-20(22(19)31)27-24(33)29(21)17-9-7-16(8-10-17)28-12-4-11-26-28/h1-12,18-22,30-31H,13-14H2,(H,25,32)(H,27,33)/t18-,19-,20-,21-,22+/m1/s1. The number of nitrogens with one attached hydrogen (secondary N) is 2. The molecule has 9 heteroatoms. The Labute approximate surface area is 196 Å². The van der Waals surface area contributed by atoms with E-state index in [9.17, 15) is 15.0 Å². The van der Waals surface area contributed by atoms with Gasteiger partial charge < -0.3 is 25.7 Å². The van der Waals surface area contributed by atoms with E-state index in [1.54, 1.807) is 10.9 Å². The van der Waals surface area contributed by atoms with Crippen LogP contribution in [-0.2, 0) is 11.3 Å². The molecule has 5 rings (SSSR count). The number of carbonyl (C=O) groups excluding carboxylic acids is 1. The number of nitrogens with zero attached hydrogens (tertiary/aromatic N) is 3. The molecule has 1 saturated heterocycles. The van der Waals surface area contributed by atoms with E-state index in [1.807, 2.05) is 71.8 Å². The van der Waals surface area contributed by atoms with E-state index in [2.05, 4.69) is 15.7 Å². The molecule has 1 amide bonds. The van der Waals surface area contributed by atoms with E-state index < -0.39 is 30.2 Å². The molecule has 2 fully saturated rings. The zero-order valence-electron chi connectivity index (χ0n) is 17.8. The molecule has 1 aromatic heterocycles. The van der Waals surface area contributed by atoms with Crippen LogP contribution in [0.5, 0.6) is 0 Å². The SMILES string of the molecule is O=C(NCc1ccccc1)[C@@H]1C[C@@H](O)[C@H](O)[C@@H]2NC(=S)N(c3ccc(-n4cccn4)cc3)[C@@H]21. The number of fused-ring (bicyclic) bond motifs is 1. The first-order valence-electron chi connectivity index (χ1n) is 10.9. The Morgan fingerprint density at radius 2 is 1.82 bits per heavy atom. The van der Waals surface area contributed by atoms with Crippen LogP contribution in [0, 0.1) is 5.92 Å². The number of amides is 1. The fraction of sp³-hybridized carbons (Fsp3) is 0.292. The third kappa shape index (κ3) is 4.10. The molecule has 1 saturated carbocycles. The lowest BCUT2D eigenvalue weighted by atomic mass is 9.77. The van der Waals surface area contributed by atoms with Crippen molar-refractivity contribution >= 4 is 28.9 Å². The van der Waals surface area contributed by atoms with Crippen LogP contribution in [0.3, 0.4) is 0 Å². The molecule has 2 aromatic carbocycles. The number of thiocarbonyl (C=S) groups is 1. The summed E-state index contributed by atoms with van der Waals surface area (Å²) in [5.74, 6) is -0.736. The summed E-state index contributed by atoms with van der Waals surface area (Å²) in [6, 6.07) is 18.2. The van der Waals surface area contributed by atoms with Gasteiger partial charge in [0.05, 0.1) is 29.8 Å². The molecule has 8 nitrogen and oxygen atoms in total. The van der Waals surface area contributed by atoms with Gasteiger partial charge in [0.2, 0.25) is 5.91 Å². The van der Waals surface area contributed by atoms with Crippen LogP contribution in [0.4, 0.5) is 5.69 Å². The molecule has 1 aliphatic carbocycles. The molecular formula is C24H25N5O3S. The van der Waals surface area contributed by atoms with Crippen molar-refractivity contribution in [1.29, 1.82) is 0 Å². The Balaban J connectivity index is 1.41. The summed E-state index contributed by atoms with van der Waals surface area (Å²) in [6.07, 6.45) is 1.68. The van der Waals surface area contributed by atoms with E-state index in [1.165, 1.54) is 0 Å². The van der Waals surface area contributed by atoms with E-state index in [0.717, 1.165) is 16.9 Å². The molecule has 3 aromatic rings. The van der Waals surface area contributed by atoms with Gasteiger partial charge in [0.25, 0.3) is 0 Å². The van der Waals surface area contributed by atoms with Crippen LogP contribution in [0.2, 0.25) is 0 Å². The minimum atomic E-state index is -1.03. The van der Waals surface area contributed by atoms with Gasteiger partial charge >= 0.3 is 0 Å². The van der Waals surface area contributed by atoms with Crippen molar-refractivity contribution in [3.63, 3.8) is 0 Å². The summed E-state index contributed by atoms with van der Waals surface area (Å²) >= 11 is 5.59. The average Bonchev–Trinajstić information content (AvgIpc) is 3.49. The number of carbonyl (C=O) groups is 1. The molecule has 1 aliphatic heterocycles. The van der Waals surface area contributed by atoms with Gasteiger partial charge in [0, 0.05) is 24.6 Å². The maximum atomic E-state index is 13.2. The minimum Gasteiger partial charge on any atom is -0.390 e. The van der Waals surface area contributed by atoms with Crippen LogP contribution in [0.15, 0.2) is 73.1 Å². The molecule has 170 valence electrons. The van der Waals surface area contributed by atoms with Crippen molar-refractivity contribution in [2.24, 2.45) is 5.92 Å². The second-order valence-corrected chi connectivity index (χ2v) is 8.79.